The Balaban J connectivity index is 1.21. The fraction of sp³-hybridized carbons (Fsp3) is 0.120. The maximum Gasteiger partial charge on any atom is 0.285 e. The van der Waals surface area contributed by atoms with E-state index in [0.29, 0.717) is 39.9 Å². The Morgan fingerprint density at radius 1 is 0.971 bits per heavy atom. The number of amides is 1. The second-order valence-corrected chi connectivity index (χ2v) is 9.96. The smallest absolute Gasteiger partial charge is 0.285 e. The highest BCUT2D eigenvalue weighted by Crippen LogP contribution is 2.27. The number of fused-ring (bicyclic) bond motifs is 3. The molecular formula is C25H19N5O4S. The fourth-order valence-corrected chi connectivity index (χ4v) is 5.58. The molecule has 6 rings (SSSR count). The van der Waals surface area contributed by atoms with E-state index < -0.39 is 10.0 Å². The Hall–Kier alpha value is -4.31. The van der Waals surface area contributed by atoms with E-state index in [0.717, 1.165) is 18.7 Å². The van der Waals surface area contributed by atoms with E-state index in [1.165, 1.54) is 6.07 Å². The first-order valence-electron chi connectivity index (χ1n) is 11.1. The van der Waals surface area contributed by atoms with Crippen LogP contribution in [0.5, 0.6) is 0 Å². The molecule has 174 valence electrons. The molecule has 4 aromatic rings. The van der Waals surface area contributed by atoms with E-state index in [4.69, 9.17) is 0 Å². The lowest BCUT2D eigenvalue weighted by Crippen LogP contribution is -2.21. The Labute approximate surface area is 200 Å². The highest BCUT2D eigenvalue weighted by atomic mass is 32.2. The van der Waals surface area contributed by atoms with Crippen LogP contribution in [-0.2, 0) is 23.0 Å². The van der Waals surface area contributed by atoms with Crippen molar-refractivity contribution >= 4 is 44.0 Å². The van der Waals surface area contributed by atoms with Gasteiger partial charge in [-0.2, -0.15) is 8.42 Å². The van der Waals surface area contributed by atoms with Gasteiger partial charge in [0.2, 0.25) is 0 Å². The van der Waals surface area contributed by atoms with Gasteiger partial charge in [-0.05, 0) is 61.0 Å². The lowest BCUT2D eigenvalue weighted by molar-refractivity contribution is 0.102. The van der Waals surface area contributed by atoms with Crippen molar-refractivity contribution in [3.8, 4) is 0 Å². The molecule has 0 unspecified atom stereocenters. The molecule has 0 atom stereocenters. The van der Waals surface area contributed by atoms with Crippen LogP contribution in [0.2, 0.25) is 0 Å². The third-order valence-electron chi connectivity index (χ3n) is 6.11. The Kier molecular flexibility index (Phi) is 4.78. The van der Waals surface area contributed by atoms with E-state index >= 15 is 0 Å². The lowest BCUT2D eigenvalue weighted by atomic mass is 10.1. The molecule has 0 radical (unpaired) electrons. The number of hydrogen-bond acceptors (Lipinski definition) is 6. The summed E-state index contributed by atoms with van der Waals surface area (Å²) in [7, 11) is -3.72. The molecule has 0 saturated heterocycles. The highest BCUT2D eigenvalue weighted by Gasteiger charge is 2.28. The van der Waals surface area contributed by atoms with Gasteiger partial charge in [-0.15, -0.1) is 4.40 Å². The molecule has 0 spiro atoms. The van der Waals surface area contributed by atoms with Gasteiger partial charge in [0, 0.05) is 35.5 Å². The van der Waals surface area contributed by atoms with Crippen molar-refractivity contribution < 1.29 is 13.2 Å². The minimum Gasteiger partial charge on any atom is -0.339 e. The zero-order chi connectivity index (χ0) is 24.2. The summed E-state index contributed by atoms with van der Waals surface area (Å²) in [4.78, 5) is 30.3. The number of aromatic nitrogens is 2. The summed E-state index contributed by atoms with van der Waals surface area (Å²) in [5.41, 5.74) is 2.53. The number of rotatable bonds is 3. The molecule has 10 heteroatoms. The van der Waals surface area contributed by atoms with Crippen molar-refractivity contribution in [2.45, 2.75) is 24.3 Å². The monoisotopic (exact) mass is 485 g/mol. The predicted octanol–water partition coefficient (Wildman–Crippen LogP) is 3.16. The zero-order valence-electron chi connectivity index (χ0n) is 18.4. The van der Waals surface area contributed by atoms with Crippen molar-refractivity contribution in [2.24, 2.45) is 4.40 Å². The summed E-state index contributed by atoms with van der Waals surface area (Å²) >= 11 is 0. The summed E-state index contributed by atoms with van der Waals surface area (Å²) in [5, 5.41) is 6.31. The van der Waals surface area contributed by atoms with Crippen LogP contribution in [0, 0.1) is 0 Å². The van der Waals surface area contributed by atoms with Crippen molar-refractivity contribution in [1.29, 1.82) is 0 Å². The summed E-state index contributed by atoms with van der Waals surface area (Å²) in [6, 6.07) is 18.3. The Morgan fingerprint density at radius 2 is 1.74 bits per heavy atom. The third-order valence-corrected chi connectivity index (χ3v) is 7.45. The normalized spacial score (nSPS) is 15.4. The van der Waals surface area contributed by atoms with E-state index in [9.17, 15) is 18.0 Å². The number of aryl methyl sites for hydroxylation is 1. The number of sulfonamides is 1. The molecule has 0 bridgehead atoms. The predicted molar refractivity (Wildman–Crippen MR) is 133 cm³/mol. The van der Waals surface area contributed by atoms with Crippen LogP contribution in [0.15, 0.2) is 80.8 Å². The first-order valence-corrected chi connectivity index (χ1v) is 12.5. The first-order chi connectivity index (χ1) is 16.9. The van der Waals surface area contributed by atoms with Gasteiger partial charge < -0.3 is 10.6 Å². The van der Waals surface area contributed by atoms with Crippen LogP contribution in [0.3, 0.4) is 0 Å². The Morgan fingerprint density at radius 3 is 2.57 bits per heavy atom. The molecule has 1 amide bonds. The molecule has 2 aliphatic heterocycles. The molecule has 1 aromatic heterocycles. The number of amidine groups is 1. The van der Waals surface area contributed by atoms with Crippen molar-refractivity contribution in [3.63, 3.8) is 0 Å². The molecule has 0 saturated carbocycles. The molecule has 2 N–H and O–H groups in total. The van der Waals surface area contributed by atoms with Crippen LogP contribution >= 0.6 is 0 Å². The van der Waals surface area contributed by atoms with Crippen LogP contribution in [0.1, 0.15) is 28.2 Å². The summed E-state index contributed by atoms with van der Waals surface area (Å²) in [6.45, 7) is 0.665. The number of benzene rings is 3. The zero-order valence-corrected chi connectivity index (χ0v) is 19.2. The maximum absolute atomic E-state index is 12.8. The van der Waals surface area contributed by atoms with Gasteiger partial charge in [0.05, 0.1) is 10.9 Å². The van der Waals surface area contributed by atoms with Crippen LogP contribution in [0.25, 0.3) is 10.9 Å². The number of hydrogen-bond donors (Lipinski definition) is 2. The Bertz CT molecular complexity index is 1720. The van der Waals surface area contributed by atoms with Gasteiger partial charge >= 0.3 is 0 Å². The summed E-state index contributed by atoms with van der Waals surface area (Å²) in [6.07, 6.45) is 1.70. The number of nitrogens with zero attached hydrogens (tertiary/aromatic N) is 3. The summed E-state index contributed by atoms with van der Waals surface area (Å²) in [5.74, 6) is 0.703. The topological polar surface area (TPSA) is 123 Å². The lowest BCUT2D eigenvalue weighted by Gasteiger charge is -2.10. The van der Waals surface area contributed by atoms with Gasteiger partial charge in [0.25, 0.3) is 21.5 Å². The van der Waals surface area contributed by atoms with Gasteiger partial charge in [-0.3, -0.25) is 14.2 Å². The van der Waals surface area contributed by atoms with Crippen molar-refractivity contribution in [3.05, 3.63) is 94.0 Å². The molecule has 35 heavy (non-hydrogen) atoms. The van der Waals surface area contributed by atoms with E-state index in [1.807, 2.05) is 0 Å². The van der Waals surface area contributed by atoms with Gasteiger partial charge in [-0.1, -0.05) is 12.1 Å². The number of carbonyl (C=O) groups is 1. The number of carbonyl (C=O) groups excluding carboxylic acids is 1. The second-order valence-electron chi connectivity index (χ2n) is 8.39. The summed E-state index contributed by atoms with van der Waals surface area (Å²) < 4.78 is 30.0. The minimum absolute atomic E-state index is 0.0903. The SMILES string of the molecule is O=C(Nc1ccc2nc3n(c(=O)c2c1)CCC3)c1ccc(NC2=NS(=O)(=O)c3ccccc32)cc1. The largest absolute Gasteiger partial charge is 0.339 e. The van der Waals surface area contributed by atoms with Crippen molar-refractivity contribution in [2.75, 3.05) is 10.6 Å². The first kappa shape index (κ1) is 21.2. The number of anilines is 2. The highest BCUT2D eigenvalue weighted by molar-refractivity contribution is 7.90. The second kappa shape index (κ2) is 7.88. The average Bonchev–Trinajstić information content (AvgIpc) is 3.42. The van der Waals surface area contributed by atoms with Gasteiger partial charge in [0.1, 0.15) is 10.7 Å². The van der Waals surface area contributed by atoms with E-state index in [2.05, 4.69) is 20.0 Å². The van der Waals surface area contributed by atoms with Crippen LogP contribution in [0.4, 0.5) is 11.4 Å². The molecule has 2 aliphatic rings. The molecular weight excluding hydrogens is 466 g/mol. The van der Waals surface area contributed by atoms with Gasteiger partial charge in [-0.25, -0.2) is 4.98 Å². The van der Waals surface area contributed by atoms with E-state index in [1.54, 1.807) is 65.2 Å². The quantitative estimate of drug-likeness (QED) is 0.460. The molecule has 9 nitrogen and oxygen atoms in total. The minimum atomic E-state index is -3.72. The maximum atomic E-state index is 12.8. The molecule has 3 heterocycles. The molecule has 0 aliphatic carbocycles. The molecule has 0 fully saturated rings. The van der Waals surface area contributed by atoms with Crippen LogP contribution < -0.4 is 16.2 Å². The van der Waals surface area contributed by atoms with Crippen molar-refractivity contribution in [1.82, 2.24) is 9.55 Å². The average molecular weight is 486 g/mol. The van der Waals surface area contributed by atoms with Gasteiger partial charge in [0.15, 0.2) is 5.84 Å². The standard InChI is InChI=1S/C25H19N5O4S/c31-24(27-17-11-12-20-19(14-17)25(32)30-13-3-6-22(30)28-20)15-7-9-16(10-8-15)26-23-18-4-1-2-5-21(18)35(33,34)29-23/h1-2,4-5,7-12,14H,3,6,13H2,(H,26,29)(H,27,31). The fourth-order valence-electron chi connectivity index (χ4n) is 4.40. The van der Waals surface area contributed by atoms with Crippen LogP contribution in [-0.4, -0.2) is 29.7 Å². The van der Waals surface area contributed by atoms with E-state index in [-0.39, 0.29) is 22.2 Å². The molecule has 3 aromatic carbocycles. The third kappa shape index (κ3) is 3.68. The number of nitrogens with one attached hydrogen (secondary N) is 2.